The predicted octanol–water partition coefficient (Wildman–Crippen LogP) is 4.40. The predicted molar refractivity (Wildman–Crippen MR) is 89.6 cm³/mol. The molecule has 1 aliphatic carbocycles. The monoisotopic (exact) mass is 279 g/mol. The topological polar surface area (TPSA) is 26.0 Å². The normalized spacial score (nSPS) is 17.1. The molecular formula is C20H25N. The Hall–Kier alpha value is -1.60. The summed E-state index contributed by atoms with van der Waals surface area (Å²) in [5.41, 5.74) is 14.4. The van der Waals surface area contributed by atoms with Crippen LogP contribution in [0.5, 0.6) is 0 Å². The van der Waals surface area contributed by atoms with Crippen molar-refractivity contribution in [3.05, 3.63) is 69.8 Å². The second-order valence-electron chi connectivity index (χ2n) is 6.71. The van der Waals surface area contributed by atoms with Crippen LogP contribution in [0.4, 0.5) is 0 Å². The van der Waals surface area contributed by atoms with E-state index in [2.05, 4.69) is 57.2 Å². The van der Waals surface area contributed by atoms with Crippen LogP contribution < -0.4 is 5.73 Å². The van der Waals surface area contributed by atoms with E-state index in [0.29, 0.717) is 0 Å². The maximum absolute atomic E-state index is 6.76. The lowest BCUT2D eigenvalue weighted by atomic mass is 9.80. The first-order valence-electron chi connectivity index (χ1n) is 7.97. The van der Waals surface area contributed by atoms with Crippen LogP contribution in [0.15, 0.2) is 36.4 Å². The van der Waals surface area contributed by atoms with Gasteiger partial charge >= 0.3 is 0 Å². The molecule has 0 radical (unpaired) electrons. The maximum Gasteiger partial charge on any atom is 0.0639 e. The molecule has 0 heterocycles. The van der Waals surface area contributed by atoms with Gasteiger partial charge < -0.3 is 5.73 Å². The van der Waals surface area contributed by atoms with E-state index in [1.807, 2.05) is 0 Å². The first-order chi connectivity index (χ1) is 9.98. The second-order valence-corrected chi connectivity index (χ2v) is 6.71. The summed E-state index contributed by atoms with van der Waals surface area (Å²) < 4.78 is 0. The highest BCUT2D eigenvalue weighted by molar-refractivity contribution is 5.46. The molecule has 1 aliphatic rings. The molecule has 2 aromatic carbocycles. The molecule has 1 heteroatoms. The molecule has 0 aliphatic heterocycles. The third-order valence-corrected chi connectivity index (χ3v) is 4.90. The van der Waals surface area contributed by atoms with E-state index >= 15 is 0 Å². The molecule has 1 unspecified atom stereocenters. The molecule has 3 rings (SSSR count). The van der Waals surface area contributed by atoms with Gasteiger partial charge in [-0.3, -0.25) is 0 Å². The Morgan fingerprint density at radius 1 is 0.905 bits per heavy atom. The average Bonchev–Trinajstić information content (AvgIpc) is 2.49. The molecule has 0 bridgehead atoms. The van der Waals surface area contributed by atoms with Gasteiger partial charge in [-0.05, 0) is 74.3 Å². The lowest BCUT2D eigenvalue weighted by Crippen LogP contribution is -2.35. The first kappa shape index (κ1) is 14.3. The highest BCUT2D eigenvalue weighted by atomic mass is 14.7. The lowest BCUT2D eigenvalue weighted by Gasteiger charge is -2.30. The van der Waals surface area contributed by atoms with Crippen molar-refractivity contribution in [2.75, 3.05) is 0 Å². The van der Waals surface area contributed by atoms with Gasteiger partial charge in [-0.1, -0.05) is 42.0 Å². The van der Waals surface area contributed by atoms with Crippen molar-refractivity contribution in [2.45, 2.75) is 52.0 Å². The largest absolute Gasteiger partial charge is 0.318 e. The van der Waals surface area contributed by atoms with E-state index in [4.69, 9.17) is 5.73 Å². The minimum absolute atomic E-state index is 0.428. The average molecular weight is 279 g/mol. The summed E-state index contributed by atoms with van der Waals surface area (Å²) in [6, 6.07) is 13.4. The van der Waals surface area contributed by atoms with E-state index in [0.717, 1.165) is 0 Å². The van der Waals surface area contributed by atoms with Crippen molar-refractivity contribution in [3.63, 3.8) is 0 Å². The summed E-state index contributed by atoms with van der Waals surface area (Å²) in [5, 5.41) is 0. The van der Waals surface area contributed by atoms with Gasteiger partial charge in [0.25, 0.3) is 0 Å². The van der Waals surface area contributed by atoms with Crippen LogP contribution in [-0.2, 0) is 18.4 Å². The minimum atomic E-state index is -0.428. The van der Waals surface area contributed by atoms with E-state index in [9.17, 15) is 0 Å². The number of benzene rings is 2. The molecule has 0 fully saturated rings. The van der Waals surface area contributed by atoms with Crippen molar-refractivity contribution in [1.82, 2.24) is 0 Å². The van der Waals surface area contributed by atoms with Gasteiger partial charge in [-0.15, -0.1) is 0 Å². The first-order valence-corrected chi connectivity index (χ1v) is 7.97. The van der Waals surface area contributed by atoms with Crippen LogP contribution in [0.2, 0.25) is 0 Å². The smallest absolute Gasteiger partial charge is 0.0639 e. The van der Waals surface area contributed by atoms with Crippen LogP contribution in [0.3, 0.4) is 0 Å². The van der Waals surface area contributed by atoms with Crippen LogP contribution in [-0.4, -0.2) is 0 Å². The van der Waals surface area contributed by atoms with Gasteiger partial charge in [0.05, 0.1) is 5.54 Å². The standard InChI is InChI=1S/C20H25N/c1-14-8-9-15(2)19(12-14)20(3,21)18-11-10-16-6-4-5-7-17(16)13-18/h8-13H,4-7,21H2,1-3H3. The highest BCUT2D eigenvalue weighted by Crippen LogP contribution is 2.32. The Labute approximate surface area is 128 Å². The Kier molecular flexibility index (Phi) is 3.62. The van der Waals surface area contributed by atoms with Gasteiger partial charge in [-0.2, -0.15) is 0 Å². The zero-order chi connectivity index (χ0) is 15.0. The molecule has 0 saturated heterocycles. The molecule has 0 saturated carbocycles. The third kappa shape index (κ3) is 2.63. The molecule has 0 spiro atoms. The third-order valence-electron chi connectivity index (χ3n) is 4.90. The van der Waals surface area contributed by atoms with Gasteiger partial charge in [0, 0.05) is 0 Å². The zero-order valence-electron chi connectivity index (χ0n) is 13.4. The van der Waals surface area contributed by atoms with Crippen LogP contribution in [0.25, 0.3) is 0 Å². The van der Waals surface area contributed by atoms with Gasteiger partial charge in [0.15, 0.2) is 0 Å². The number of rotatable bonds is 2. The van der Waals surface area contributed by atoms with Crippen molar-refractivity contribution >= 4 is 0 Å². The number of hydrogen-bond acceptors (Lipinski definition) is 1. The van der Waals surface area contributed by atoms with E-state index in [-0.39, 0.29) is 0 Å². The summed E-state index contributed by atoms with van der Waals surface area (Å²) in [6.45, 7) is 6.42. The minimum Gasteiger partial charge on any atom is -0.318 e. The fourth-order valence-electron chi connectivity index (χ4n) is 3.51. The summed E-state index contributed by atoms with van der Waals surface area (Å²) in [7, 11) is 0. The van der Waals surface area contributed by atoms with Gasteiger partial charge in [0.1, 0.15) is 0 Å². The molecule has 2 aromatic rings. The molecule has 0 amide bonds. The quantitative estimate of drug-likeness (QED) is 0.866. The fraction of sp³-hybridized carbons (Fsp3) is 0.400. The zero-order valence-corrected chi connectivity index (χ0v) is 13.4. The molecule has 0 aromatic heterocycles. The summed E-state index contributed by atoms with van der Waals surface area (Å²) in [4.78, 5) is 0. The van der Waals surface area contributed by atoms with E-state index < -0.39 is 5.54 Å². The summed E-state index contributed by atoms with van der Waals surface area (Å²) in [5.74, 6) is 0. The van der Waals surface area contributed by atoms with Crippen LogP contribution in [0.1, 0.15) is 53.1 Å². The molecular weight excluding hydrogens is 254 g/mol. The molecule has 2 N–H and O–H groups in total. The summed E-state index contributed by atoms with van der Waals surface area (Å²) in [6.07, 6.45) is 5.05. The number of fused-ring (bicyclic) bond motifs is 1. The molecule has 110 valence electrons. The van der Waals surface area contributed by atoms with Crippen molar-refractivity contribution < 1.29 is 0 Å². The van der Waals surface area contributed by atoms with Crippen molar-refractivity contribution in [2.24, 2.45) is 5.73 Å². The second kappa shape index (κ2) is 5.31. The Morgan fingerprint density at radius 2 is 1.62 bits per heavy atom. The van der Waals surface area contributed by atoms with Crippen molar-refractivity contribution in [3.8, 4) is 0 Å². The Balaban J connectivity index is 2.07. The molecule has 21 heavy (non-hydrogen) atoms. The Bertz CT molecular complexity index is 668. The Morgan fingerprint density at radius 3 is 2.38 bits per heavy atom. The lowest BCUT2D eigenvalue weighted by molar-refractivity contribution is 0.593. The number of hydrogen-bond donors (Lipinski definition) is 1. The molecule has 1 nitrogen and oxygen atoms in total. The molecule has 1 atom stereocenters. The van der Waals surface area contributed by atoms with Gasteiger partial charge in [0.2, 0.25) is 0 Å². The van der Waals surface area contributed by atoms with E-state index in [1.54, 1.807) is 0 Å². The highest BCUT2D eigenvalue weighted by Gasteiger charge is 2.26. The number of aryl methyl sites for hydroxylation is 4. The number of nitrogens with two attached hydrogens (primary N) is 1. The van der Waals surface area contributed by atoms with Crippen LogP contribution in [0, 0.1) is 13.8 Å². The van der Waals surface area contributed by atoms with Gasteiger partial charge in [-0.25, -0.2) is 0 Å². The fourth-order valence-corrected chi connectivity index (χ4v) is 3.51. The van der Waals surface area contributed by atoms with Crippen molar-refractivity contribution in [1.29, 1.82) is 0 Å². The maximum atomic E-state index is 6.76. The summed E-state index contributed by atoms with van der Waals surface area (Å²) >= 11 is 0. The van der Waals surface area contributed by atoms with Crippen LogP contribution >= 0.6 is 0 Å². The SMILES string of the molecule is Cc1ccc(C)c(C(C)(N)c2ccc3c(c2)CCCC3)c1. The van der Waals surface area contributed by atoms with E-state index in [1.165, 1.54) is 59.1 Å².